The predicted molar refractivity (Wildman–Crippen MR) is 133 cm³/mol. The predicted octanol–water partition coefficient (Wildman–Crippen LogP) is 4.40. The SMILES string of the molecule is C.C.Cc1nc(CC2CC(Cn3ccc(C(F)(F)F)cc3=O)C2)nc2c1NC(=O)[C@H](C)N2C.S. The van der Waals surface area contributed by atoms with Gasteiger partial charge in [-0.1, -0.05) is 14.9 Å². The van der Waals surface area contributed by atoms with Crippen molar-refractivity contribution in [2.45, 2.75) is 66.7 Å². The Hall–Kier alpha value is -2.56. The summed E-state index contributed by atoms with van der Waals surface area (Å²) in [5, 5.41) is 2.86. The van der Waals surface area contributed by atoms with Crippen molar-refractivity contribution in [2.24, 2.45) is 11.8 Å². The molecule has 11 heteroatoms. The first-order chi connectivity index (χ1) is 14.5. The van der Waals surface area contributed by atoms with Crippen LogP contribution in [0.1, 0.15) is 51.7 Å². The van der Waals surface area contributed by atoms with E-state index >= 15 is 0 Å². The van der Waals surface area contributed by atoms with Crippen molar-refractivity contribution in [1.82, 2.24) is 14.5 Å². The molecule has 0 saturated heterocycles. The topological polar surface area (TPSA) is 80.1 Å². The lowest BCUT2D eigenvalue weighted by Gasteiger charge is -2.36. The van der Waals surface area contributed by atoms with Crippen LogP contribution in [0.4, 0.5) is 24.7 Å². The molecule has 1 amide bonds. The molecule has 34 heavy (non-hydrogen) atoms. The Kier molecular flexibility index (Phi) is 9.36. The van der Waals surface area contributed by atoms with Crippen molar-refractivity contribution in [2.75, 3.05) is 17.3 Å². The molecule has 190 valence electrons. The lowest BCUT2D eigenvalue weighted by molar-refractivity contribution is -0.137. The average Bonchev–Trinajstić information content (AvgIpc) is 2.66. The molecular weight excluding hydrogens is 467 g/mol. The number of carbonyl (C=O) groups excluding carboxylic acids is 1. The summed E-state index contributed by atoms with van der Waals surface area (Å²) in [4.78, 5) is 35.1. The van der Waals surface area contributed by atoms with Crippen molar-refractivity contribution >= 4 is 30.9 Å². The van der Waals surface area contributed by atoms with Gasteiger partial charge >= 0.3 is 6.18 Å². The number of nitrogens with zero attached hydrogens (tertiary/aromatic N) is 4. The van der Waals surface area contributed by atoms with Crippen molar-refractivity contribution in [3.63, 3.8) is 0 Å². The summed E-state index contributed by atoms with van der Waals surface area (Å²) in [6.07, 6.45) is -0.893. The van der Waals surface area contributed by atoms with Crippen LogP contribution in [-0.2, 0) is 23.9 Å². The van der Waals surface area contributed by atoms with E-state index in [2.05, 4.69) is 15.3 Å². The van der Waals surface area contributed by atoms with E-state index in [0.29, 0.717) is 42.3 Å². The molecule has 1 atom stereocenters. The zero-order valence-electron chi connectivity index (χ0n) is 18.0. The van der Waals surface area contributed by atoms with Crippen LogP contribution in [0.15, 0.2) is 23.1 Å². The van der Waals surface area contributed by atoms with Gasteiger partial charge in [0.2, 0.25) is 5.91 Å². The van der Waals surface area contributed by atoms with E-state index in [4.69, 9.17) is 0 Å². The van der Waals surface area contributed by atoms with Gasteiger partial charge in [-0.3, -0.25) is 9.59 Å². The maximum absolute atomic E-state index is 12.7. The molecular formula is C23H34F3N5O2S. The highest BCUT2D eigenvalue weighted by Crippen LogP contribution is 2.38. The first kappa shape index (κ1) is 29.5. The number of aryl methyl sites for hydroxylation is 1. The number of alkyl halides is 3. The zero-order valence-corrected chi connectivity index (χ0v) is 19.0. The van der Waals surface area contributed by atoms with Crippen molar-refractivity contribution in [3.8, 4) is 0 Å². The zero-order chi connectivity index (χ0) is 22.5. The summed E-state index contributed by atoms with van der Waals surface area (Å²) in [7, 11) is 1.83. The van der Waals surface area contributed by atoms with Gasteiger partial charge < -0.3 is 14.8 Å². The molecule has 2 aliphatic rings. The maximum Gasteiger partial charge on any atom is 0.416 e. The highest BCUT2D eigenvalue weighted by atomic mass is 32.1. The Balaban J connectivity index is 0.00000193. The lowest BCUT2D eigenvalue weighted by Crippen LogP contribution is -2.45. The van der Waals surface area contributed by atoms with E-state index in [9.17, 15) is 22.8 Å². The summed E-state index contributed by atoms with van der Waals surface area (Å²) < 4.78 is 39.5. The van der Waals surface area contributed by atoms with Gasteiger partial charge in [0.1, 0.15) is 17.6 Å². The number of amides is 1. The fraction of sp³-hybridized carbons (Fsp3) is 0.565. The van der Waals surface area contributed by atoms with Gasteiger partial charge in [-0.2, -0.15) is 26.7 Å². The Morgan fingerprint density at radius 1 is 1.15 bits per heavy atom. The third-order valence-electron chi connectivity index (χ3n) is 6.24. The number of anilines is 2. The minimum Gasteiger partial charge on any atom is -0.346 e. The monoisotopic (exact) mass is 501 g/mol. The van der Waals surface area contributed by atoms with E-state index < -0.39 is 17.3 Å². The molecule has 1 fully saturated rings. The summed E-state index contributed by atoms with van der Waals surface area (Å²) in [5.74, 6) is 1.92. The second kappa shape index (κ2) is 10.8. The molecule has 0 bridgehead atoms. The number of nitrogens with one attached hydrogen (secondary N) is 1. The average molecular weight is 502 g/mol. The quantitative estimate of drug-likeness (QED) is 0.672. The lowest BCUT2D eigenvalue weighted by atomic mass is 9.73. The number of carbonyl (C=O) groups is 1. The van der Waals surface area contributed by atoms with Gasteiger partial charge in [0.25, 0.3) is 5.56 Å². The summed E-state index contributed by atoms with van der Waals surface area (Å²) in [5.41, 5.74) is -0.191. The number of likely N-dealkylation sites (N-methyl/N-ethyl adjacent to an activating group) is 1. The summed E-state index contributed by atoms with van der Waals surface area (Å²) >= 11 is 0. The van der Waals surface area contributed by atoms with E-state index in [1.165, 1.54) is 10.8 Å². The highest BCUT2D eigenvalue weighted by Gasteiger charge is 2.34. The Bertz CT molecular complexity index is 1080. The number of rotatable bonds is 4. The largest absolute Gasteiger partial charge is 0.416 e. The molecule has 1 aliphatic carbocycles. The first-order valence-corrected chi connectivity index (χ1v) is 10.2. The van der Waals surface area contributed by atoms with Crippen LogP contribution in [0.25, 0.3) is 0 Å². The van der Waals surface area contributed by atoms with Gasteiger partial charge in [0.15, 0.2) is 5.82 Å². The molecule has 0 radical (unpaired) electrons. The van der Waals surface area contributed by atoms with E-state index in [0.717, 1.165) is 24.6 Å². The molecule has 1 saturated carbocycles. The number of pyridine rings is 1. The van der Waals surface area contributed by atoms with E-state index in [-0.39, 0.29) is 46.2 Å². The third-order valence-corrected chi connectivity index (χ3v) is 6.24. The van der Waals surface area contributed by atoms with Gasteiger partial charge in [-0.25, -0.2) is 9.97 Å². The minimum absolute atomic E-state index is 0. The van der Waals surface area contributed by atoms with E-state index in [1.54, 1.807) is 0 Å². The van der Waals surface area contributed by atoms with Crippen LogP contribution in [0.2, 0.25) is 0 Å². The van der Waals surface area contributed by atoms with Crippen LogP contribution in [-0.4, -0.2) is 33.5 Å². The fourth-order valence-corrected chi connectivity index (χ4v) is 4.26. The third kappa shape index (κ3) is 5.73. The number of aromatic nitrogens is 3. The minimum atomic E-state index is -4.51. The molecule has 1 N–H and O–H groups in total. The molecule has 7 nitrogen and oxygen atoms in total. The summed E-state index contributed by atoms with van der Waals surface area (Å²) in [6.45, 7) is 4.06. The van der Waals surface area contributed by atoms with Crippen LogP contribution >= 0.6 is 13.5 Å². The van der Waals surface area contributed by atoms with Gasteiger partial charge in [0.05, 0.1) is 11.3 Å². The Morgan fingerprint density at radius 2 is 1.79 bits per heavy atom. The number of hydrogen-bond donors (Lipinski definition) is 1. The van der Waals surface area contributed by atoms with Crippen molar-refractivity contribution < 1.29 is 18.0 Å². The molecule has 2 aromatic rings. The molecule has 0 aromatic carbocycles. The second-order valence-corrected chi connectivity index (χ2v) is 8.51. The molecule has 3 heterocycles. The van der Waals surface area contributed by atoms with Crippen molar-refractivity contribution in [1.29, 1.82) is 0 Å². The Morgan fingerprint density at radius 3 is 2.38 bits per heavy atom. The van der Waals surface area contributed by atoms with Gasteiger partial charge in [-0.15, -0.1) is 0 Å². The normalized spacial score (nSPS) is 21.2. The van der Waals surface area contributed by atoms with Crippen LogP contribution < -0.4 is 15.8 Å². The standard InChI is InChI=1S/C21H24F3N5O2.2CH4.H2S/c1-11-18-19(28(3)12(2)20(31)27-18)26-16(25-11)8-13-6-14(7-13)10-29-5-4-15(9-17(29)30)21(22,23)24;;;/h4-5,9,12-14H,6-8,10H2,1-3H3,(H,27,31);2*1H4;1H2/t12-,13?,14?;;;/m0.../s1. The van der Waals surface area contributed by atoms with Gasteiger partial charge in [0, 0.05) is 32.3 Å². The van der Waals surface area contributed by atoms with Crippen LogP contribution in [0.3, 0.4) is 0 Å². The molecule has 0 spiro atoms. The number of hydrogen-bond acceptors (Lipinski definition) is 5. The summed E-state index contributed by atoms with van der Waals surface area (Å²) in [6, 6.07) is 1.28. The smallest absolute Gasteiger partial charge is 0.346 e. The molecule has 1 aliphatic heterocycles. The fourth-order valence-electron chi connectivity index (χ4n) is 4.26. The Labute approximate surface area is 205 Å². The molecule has 0 unspecified atom stereocenters. The van der Waals surface area contributed by atoms with Gasteiger partial charge in [-0.05, 0) is 44.6 Å². The van der Waals surface area contributed by atoms with Crippen LogP contribution in [0.5, 0.6) is 0 Å². The number of fused-ring (bicyclic) bond motifs is 1. The van der Waals surface area contributed by atoms with Crippen molar-refractivity contribution in [3.05, 3.63) is 45.8 Å². The highest BCUT2D eigenvalue weighted by molar-refractivity contribution is 7.59. The maximum atomic E-state index is 12.7. The van der Waals surface area contributed by atoms with Crippen LogP contribution in [0, 0.1) is 18.8 Å². The number of halogens is 3. The molecule has 4 rings (SSSR count). The first-order valence-electron chi connectivity index (χ1n) is 10.2. The molecule has 2 aromatic heterocycles. The second-order valence-electron chi connectivity index (χ2n) is 8.51. The van der Waals surface area contributed by atoms with E-state index in [1.807, 2.05) is 25.8 Å².